The summed E-state index contributed by atoms with van der Waals surface area (Å²) >= 11 is 1.55. The predicted molar refractivity (Wildman–Crippen MR) is 109 cm³/mol. The Morgan fingerprint density at radius 1 is 1.18 bits per heavy atom. The minimum absolute atomic E-state index is 0.100. The highest BCUT2D eigenvalue weighted by Gasteiger charge is 2.20. The van der Waals surface area contributed by atoms with Crippen molar-refractivity contribution in [1.29, 1.82) is 0 Å². The van der Waals surface area contributed by atoms with Crippen LogP contribution in [0.1, 0.15) is 15.4 Å². The SMILES string of the molecule is CNS(=O)(=O)c1cc(C(=O)Nc2cccc(-c3csc(C)n3)c2)ccc1OC. The van der Waals surface area contributed by atoms with Gasteiger partial charge < -0.3 is 10.1 Å². The fraction of sp³-hybridized carbons (Fsp3) is 0.158. The molecule has 7 nitrogen and oxygen atoms in total. The molecule has 0 radical (unpaired) electrons. The molecule has 0 aliphatic heterocycles. The maximum absolute atomic E-state index is 12.7. The van der Waals surface area contributed by atoms with Gasteiger partial charge in [-0.3, -0.25) is 4.79 Å². The molecule has 3 aromatic rings. The van der Waals surface area contributed by atoms with E-state index in [4.69, 9.17) is 4.74 Å². The first kappa shape index (κ1) is 20.0. The van der Waals surface area contributed by atoms with Gasteiger partial charge in [0, 0.05) is 22.2 Å². The molecular formula is C19H19N3O4S2. The Balaban J connectivity index is 1.89. The summed E-state index contributed by atoms with van der Waals surface area (Å²) in [5.74, 6) is -0.270. The van der Waals surface area contributed by atoms with Gasteiger partial charge in [0.2, 0.25) is 10.0 Å². The van der Waals surface area contributed by atoms with Crippen molar-refractivity contribution in [3.63, 3.8) is 0 Å². The Hall–Kier alpha value is -2.75. The number of aromatic nitrogens is 1. The predicted octanol–water partition coefficient (Wildman–Crippen LogP) is 3.29. The molecule has 0 bridgehead atoms. The molecule has 2 N–H and O–H groups in total. The van der Waals surface area contributed by atoms with Gasteiger partial charge in [-0.25, -0.2) is 18.1 Å². The average Bonchev–Trinajstić information content (AvgIpc) is 3.14. The zero-order chi connectivity index (χ0) is 20.3. The van der Waals surface area contributed by atoms with Crippen molar-refractivity contribution >= 4 is 33.0 Å². The van der Waals surface area contributed by atoms with Crippen molar-refractivity contribution in [3.05, 3.63) is 58.4 Å². The van der Waals surface area contributed by atoms with Crippen LogP contribution < -0.4 is 14.8 Å². The van der Waals surface area contributed by atoms with Crippen LogP contribution in [-0.4, -0.2) is 33.5 Å². The van der Waals surface area contributed by atoms with Gasteiger partial charge in [0.15, 0.2) is 0 Å². The van der Waals surface area contributed by atoms with Gasteiger partial charge in [-0.15, -0.1) is 11.3 Å². The van der Waals surface area contributed by atoms with Crippen molar-refractivity contribution in [2.45, 2.75) is 11.8 Å². The number of nitrogens with zero attached hydrogens (tertiary/aromatic N) is 1. The number of carbonyl (C=O) groups excluding carboxylic acids is 1. The molecule has 9 heteroatoms. The van der Waals surface area contributed by atoms with E-state index in [0.717, 1.165) is 16.3 Å². The van der Waals surface area contributed by atoms with Crippen LogP contribution in [0.15, 0.2) is 52.7 Å². The second-order valence-corrected chi connectivity index (χ2v) is 8.78. The van der Waals surface area contributed by atoms with E-state index in [2.05, 4.69) is 15.0 Å². The largest absolute Gasteiger partial charge is 0.495 e. The van der Waals surface area contributed by atoms with Crippen molar-refractivity contribution in [3.8, 4) is 17.0 Å². The smallest absolute Gasteiger partial charge is 0.255 e. The molecule has 1 amide bonds. The maximum atomic E-state index is 12.7. The molecule has 0 aliphatic rings. The number of anilines is 1. The summed E-state index contributed by atoms with van der Waals surface area (Å²) in [4.78, 5) is 17.0. The van der Waals surface area contributed by atoms with E-state index in [-0.39, 0.29) is 16.2 Å². The van der Waals surface area contributed by atoms with Crippen molar-refractivity contribution in [2.24, 2.45) is 0 Å². The molecule has 0 saturated carbocycles. The number of sulfonamides is 1. The first-order chi connectivity index (χ1) is 13.3. The number of hydrogen-bond donors (Lipinski definition) is 2. The van der Waals surface area contributed by atoms with E-state index in [1.54, 1.807) is 17.4 Å². The molecule has 28 heavy (non-hydrogen) atoms. The number of hydrogen-bond acceptors (Lipinski definition) is 6. The summed E-state index contributed by atoms with van der Waals surface area (Å²) in [6.07, 6.45) is 0. The van der Waals surface area contributed by atoms with Crippen LogP contribution in [0.3, 0.4) is 0 Å². The van der Waals surface area contributed by atoms with Crippen LogP contribution >= 0.6 is 11.3 Å². The zero-order valence-corrected chi connectivity index (χ0v) is 17.1. The summed E-state index contributed by atoms with van der Waals surface area (Å²) in [6, 6.07) is 11.6. The van der Waals surface area contributed by atoms with Crippen LogP contribution in [0, 0.1) is 6.92 Å². The molecule has 0 unspecified atom stereocenters. The lowest BCUT2D eigenvalue weighted by atomic mass is 10.1. The number of rotatable bonds is 6. The highest BCUT2D eigenvalue weighted by atomic mass is 32.2. The van der Waals surface area contributed by atoms with Crippen molar-refractivity contribution < 1.29 is 17.9 Å². The summed E-state index contributed by atoms with van der Waals surface area (Å²) in [6.45, 7) is 1.93. The number of benzene rings is 2. The molecule has 0 fully saturated rings. The third kappa shape index (κ3) is 4.22. The monoisotopic (exact) mass is 417 g/mol. The lowest BCUT2D eigenvalue weighted by Gasteiger charge is -2.11. The summed E-state index contributed by atoms with van der Waals surface area (Å²) in [5, 5.41) is 5.70. The van der Waals surface area contributed by atoms with E-state index >= 15 is 0 Å². The molecule has 2 aromatic carbocycles. The Bertz CT molecular complexity index is 1120. The molecule has 0 aliphatic carbocycles. The quantitative estimate of drug-likeness (QED) is 0.641. The second-order valence-electron chi connectivity index (χ2n) is 5.86. The molecule has 0 atom stereocenters. The Labute approximate surface area is 167 Å². The van der Waals surface area contributed by atoms with Gasteiger partial charge in [0.25, 0.3) is 5.91 Å². The topological polar surface area (TPSA) is 97.4 Å². The Morgan fingerprint density at radius 2 is 1.96 bits per heavy atom. The molecule has 0 saturated heterocycles. The summed E-state index contributed by atoms with van der Waals surface area (Å²) in [7, 11) is -1.10. The average molecular weight is 418 g/mol. The van der Waals surface area contributed by atoms with Gasteiger partial charge in [-0.05, 0) is 44.3 Å². The van der Waals surface area contributed by atoms with Gasteiger partial charge in [0.1, 0.15) is 10.6 Å². The standard InChI is InChI=1S/C19H19N3O4S2/c1-12-21-16(11-27-12)13-5-4-6-15(9-13)22-19(23)14-7-8-17(26-3)18(10-14)28(24,25)20-2/h4-11,20H,1-3H3,(H,22,23). The minimum Gasteiger partial charge on any atom is -0.495 e. The van der Waals surface area contributed by atoms with E-state index in [9.17, 15) is 13.2 Å². The highest BCUT2D eigenvalue weighted by Crippen LogP contribution is 2.27. The van der Waals surface area contributed by atoms with E-state index in [1.165, 1.54) is 32.4 Å². The van der Waals surface area contributed by atoms with E-state index < -0.39 is 15.9 Å². The maximum Gasteiger partial charge on any atom is 0.255 e. The number of amides is 1. The zero-order valence-electron chi connectivity index (χ0n) is 15.5. The molecule has 0 spiro atoms. The van der Waals surface area contributed by atoms with Crippen molar-refractivity contribution in [2.75, 3.05) is 19.5 Å². The second kappa shape index (κ2) is 8.09. The van der Waals surface area contributed by atoms with Crippen LogP contribution in [-0.2, 0) is 10.0 Å². The highest BCUT2D eigenvalue weighted by molar-refractivity contribution is 7.89. The minimum atomic E-state index is -3.77. The third-order valence-electron chi connectivity index (χ3n) is 4.02. The fourth-order valence-corrected chi connectivity index (χ4v) is 4.13. The van der Waals surface area contributed by atoms with Gasteiger partial charge in [-0.2, -0.15) is 0 Å². The Morgan fingerprint density at radius 3 is 2.61 bits per heavy atom. The van der Waals surface area contributed by atoms with Crippen molar-refractivity contribution in [1.82, 2.24) is 9.71 Å². The molecular weight excluding hydrogens is 398 g/mol. The first-order valence-electron chi connectivity index (χ1n) is 8.29. The normalized spacial score (nSPS) is 11.2. The van der Waals surface area contributed by atoms with Crippen LogP contribution in [0.4, 0.5) is 5.69 Å². The number of aryl methyl sites for hydroxylation is 1. The van der Waals surface area contributed by atoms with Crippen LogP contribution in [0.2, 0.25) is 0 Å². The molecule has 3 rings (SSSR count). The first-order valence-corrected chi connectivity index (χ1v) is 10.7. The number of thiazole rings is 1. The Kier molecular flexibility index (Phi) is 5.78. The lowest BCUT2D eigenvalue weighted by molar-refractivity contribution is 0.102. The van der Waals surface area contributed by atoms with Gasteiger partial charge in [-0.1, -0.05) is 12.1 Å². The number of nitrogens with one attached hydrogen (secondary N) is 2. The third-order valence-corrected chi connectivity index (χ3v) is 6.23. The van der Waals surface area contributed by atoms with E-state index in [1.807, 2.05) is 30.5 Å². The summed E-state index contributed by atoms with van der Waals surface area (Å²) in [5.41, 5.74) is 2.51. The molecule has 1 heterocycles. The lowest BCUT2D eigenvalue weighted by Crippen LogP contribution is -2.20. The van der Waals surface area contributed by atoms with Gasteiger partial charge in [0.05, 0.1) is 17.8 Å². The molecule has 146 valence electrons. The number of carbonyl (C=O) groups is 1. The van der Waals surface area contributed by atoms with Crippen LogP contribution in [0.25, 0.3) is 11.3 Å². The number of ether oxygens (including phenoxy) is 1. The fourth-order valence-electron chi connectivity index (χ4n) is 2.59. The summed E-state index contributed by atoms with van der Waals surface area (Å²) < 4.78 is 31.7. The van der Waals surface area contributed by atoms with Crippen LogP contribution in [0.5, 0.6) is 5.75 Å². The molecule has 1 aromatic heterocycles. The van der Waals surface area contributed by atoms with E-state index in [0.29, 0.717) is 5.69 Å². The van der Waals surface area contributed by atoms with Gasteiger partial charge >= 0.3 is 0 Å². The number of methoxy groups -OCH3 is 1.